The van der Waals surface area contributed by atoms with E-state index in [4.69, 9.17) is 34.8 Å². The molecular formula is C13H18Cl3N3. The molecule has 1 atom stereocenters. The maximum atomic E-state index is 6.33. The van der Waals surface area contributed by atoms with E-state index >= 15 is 0 Å². The molecule has 1 aromatic heterocycles. The molecule has 2 heterocycles. The molecule has 19 heavy (non-hydrogen) atoms. The van der Waals surface area contributed by atoms with Gasteiger partial charge in [0.15, 0.2) is 0 Å². The Morgan fingerprint density at radius 2 is 2.00 bits per heavy atom. The largest absolute Gasteiger partial charge is 0.314 e. The summed E-state index contributed by atoms with van der Waals surface area (Å²) in [6.45, 7) is 6.15. The van der Waals surface area contributed by atoms with Crippen molar-refractivity contribution in [2.75, 3.05) is 26.2 Å². The lowest BCUT2D eigenvalue weighted by molar-refractivity contribution is 0.164. The van der Waals surface area contributed by atoms with Crippen LogP contribution in [0, 0.1) is 0 Å². The maximum absolute atomic E-state index is 6.33. The first-order valence-electron chi connectivity index (χ1n) is 6.59. The topological polar surface area (TPSA) is 28.2 Å². The zero-order chi connectivity index (χ0) is 13.8. The van der Waals surface area contributed by atoms with Gasteiger partial charge in [0.1, 0.15) is 5.15 Å². The number of pyridine rings is 1. The minimum absolute atomic E-state index is 0.215. The molecular weight excluding hydrogens is 305 g/mol. The number of nitrogens with one attached hydrogen (secondary N) is 1. The van der Waals surface area contributed by atoms with Crippen molar-refractivity contribution in [1.82, 2.24) is 15.2 Å². The summed E-state index contributed by atoms with van der Waals surface area (Å²) in [4.78, 5) is 6.42. The minimum Gasteiger partial charge on any atom is -0.314 e. The van der Waals surface area contributed by atoms with Crippen molar-refractivity contribution in [3.63, 3.8) is 0 Å². The van der Waals surface area contributed by atoms with Crippen molar-refractivity contribution in [3.8, 4) is 0 Å². The van der Waals surface area contributed by atoms with Gasteiger partial charge in [-0.3, -0.25) is 4.90 Å². The molecule has 0 saturated carbocycles. The predicted molar refractivity (Wildman–Crippen MR) is 81.4 cm³/mol. The van der Waals surface area contributed by atoms with Crippen LogP contribution in [0.1, 0.15) is 31.4 Å². The van der Waals surface area contributed by atoms with Crippen LogP contribution in [0.5, 0.6) is 0 Å². The number of hydrogen-bond donors (Lipinski definition) is 1. The van der Waals surface area contributed by atoms with E-state index in [0.29, 0.717) is 15.2 Å². The van der Waals surface area contributed by atoms with Crippen LogP contribution in [0.4, 0.5) is 0 Å². The molecule has 3 nitrogen and oxygen atoms in total. The van der Waals surface area contributed by atoms with Crippen molar-refractivity contribution >= 4 is 34.8 Å². The van der Waals surface area contributed by atoms with Crippen LogP contribution in [-0.2, 0) is 0 Å². The van der Waals surface area contributed by atoms with E-state index in [1.54, 1.807) is 6.20 Å². The second-order valence-electron chi connectivity index (χ2n) is 4.72. The average molecular weight is 323 g/mol. The van der Waals surface area contributed by atoms with Gasteiger partial charge in [-0.2, -0.15) is 0 Å². The summed E-state index contributed by atoms with van der Waals surface area (Å²) in [5.41, 5.74) is 0.923. The van der Waals surface area contributed by atoms with E-state index in [1.165, 1.54) is 0 Å². The third kappa shape index (κ3) is 3.53. The van der Waals surface area contributed by atoms with Gasteiger partial charge in [0.2, 0.25) is 0 Å². The van der Waals surface area contributed by atoms with Crippen LogP contribution < -0.4 is 5.32 Å². The second kappa shape index (κ2) is 7.09. The van der Waals surface area contributed by atoms with Gasteiger partial charge in [0.05, 0.1) is 10.0 Å². The summed E-state index contributed by atoms with van der Waals surface area (Å²) in [6, 6.07) is 0.215. The molecule has 1 aliphatic rings. The van der Waals surface area contributed by atoms with E-state index in [-0.39, 0.29) is 6.04 Å². The lowest BCUT2D eigenvalue weighted by Gasteiger charge is -2.36. The molecule has 1 aliphatic heterocycles. The summed E-state index contributed by atoms with van der Waals surface area (Å²) in [5, 5.41) is 4.78. The monoisotopic (exact) mass is 321 g/mol. The highest BCUT2D eigenvalue weighted by molar-refractivity contribution is 6.43. The lowest BCUT2D eigenvalue weighted by Crippen LogP contribution is -2.45. The fourth-order valence-corrected chi connectivity index (χ4v) is 3.28. The van der Waals surface area contributed by atoms with Gasteiger partial charge in [0.25, 0.3) is 0 Å². The van der Waals surface area contributed by atoms with Crippen molar-refractivity contribution in [3.05, 3.63) is 27.0 Å². The standard InChI is InChI=1S/C13H18Cl3N3/c1-2-3-10(19-6-4-17-5-7-19)11-9(14)8-18-13(16)12(11)15/h8,10,17H,2-7H2,1H3/t10-/m1/s1. The molecule has 1 aromatic rings. The van der Waals surface area contributed by atoms with E-state index < -0.39 is 0 Å². The zero-order valence-corrected chi connectivity index (χ0v) is 13.2. The van der Waals surface area contributed by atoms with E-state index in [1.807, 2.05) is 0 Å². The molecule has 1 fully saturated rings. The maximum Gasteiger partial charge on any atom is 0.148 e. The smallest absolute Gasteiger partial charge is 0.148 e. The number of halogens is 3. The SMILES string of the molecule is CCC[C@H](c1c(Cl)cnc(Cl)c1Cl)N1CCNCC1. The number of aromatic nitrogens is 1. The van der Waals surface area contributed by atoms with Gasteiger partial charge < -0.3 is 5.32 Å². The summed E-state index contributed by atoms with van der Waals surface area (Å²) >= 11 is 18.7. The highest BCUT2D eigenvalue weighted by atomic mass is 35.5. The Hall–Kier alpha value is -0.0600. The molecule has 106 valence electrons. The first kappa shape index (κ1) is 15.3. The third-order valence-electron chi connectivity index (χ3n) is 3.45. The molecule has 0 bridgehead atoms. The second-order valence-corrected chi connectivity index (χ2v) is 5.86. The van der Waals surface area contributed by atoms with Crippen LogP contribution in [0.15, 0.2) is 6.20 Å². The fraction of sp³-hybridized carbons (Fsp3) is 0.615. The average Bonchev–Trinajstić information content (AvgIpc) is 2.43. The number of piperazine rings is 1. The molecule has 0 amide bonds. The number of rotatable bonds is 4. The fourth-order valence-electron chi connectivity index (χ4n) is 2.54. The van der Waals surface area contributed by atoms with Crippen molar-refractivity contribution in [2.24, 2.45) is 0 Å². The molecule has 1 saturated heterocycles. The molecule has 0 aliphatic carbocycles. The summed E-state index contributed by atoms with van der Waals surface area (Å²) in [5.74, 6) is 0. The molecule has 2 rings (SSSR count). The Morgan fingerprint density at radius 1 is 1.32 bits per heavy atom. The zero-order valence-electron chi connectivity index (χ0n) is 10.9. The lowest BCUT2D eigenvalue weighted by atomic mass is 10.0. The van der Waals surface area contributed by atoms with Crippen molar-refractivity contribution < 1.29 is 0 Å². The first-order chi connectivity index (χ1) is 9.15. The van der Waals surface area contributed by atoms with Crippen molar-refractivity contribution in [1.29, 1.82) is 0 Å². The van der Waals surface area contributed by atoms with Gasteiger partial charge in [-0.15, -0.1) is 0 Å². The van der Waals surface area contributed by atoms with Gasteiger partial charge in [-0.1, -0.05) is 48.1 Å². The Bertz CT molecular complexity index is 433. The van der Waals surface area contributed by atoms with E-state index in [2.05, 4.69) is 22.1 Å². The Kier molecular flexibility index (Phi) is 5.72. The van der Waals surface area contributed by atoms with Gasteiger partial charge in [0, 0.05) is 44.0 Å². The molecule has 1 N–H and O–H groups in total. The minimum atomic E-state index is 0.215. The highest BCUT2D eigenvalue weighted by Gasteiger charge is 2.26. The number of hydrogen-bond acceptors (Lipinski definition) is 3. The molecule has 6 heteroatoms. The first-order valence-corrected chi connectivity index (χ1v) is 7.72. The normalized spacial score (nSPS) is 18.5. The molecule has 0 spiro atoms. The summed E-state index contributed by atoms with van der Waals surface area (Å²) < 4.78 is 0. The van der Waals surface area contributed by atoms with E-state index in [9.17, 15) is 0 Å². The summed E-state index contributed by atoms with van der Waals surface area (Å²) in [6.07, 6.45) is 3.68. The Labute approximate surface area is 129 Å². The number of nitrogens with zero attached hydrogens (tertiary/aromatic N) is 2. The van der Waals surface area contributed by atoms with Crippen LogP contribution >= 0.6 is 34.8 Å². The Morgan fingerprint density at radius 3 is 2.63 bits per heavy atom. The van der Waals surface area contributed by atoms with Crippen LogP contribution in [0.2, 0.25) is 15.2 Å². The van der Waals surface area contributed by atoms with Gasteiger partial charge in [-0.05, 0) is 6.42 Å². The summed E-state index contributed by atoms with van der Waals surface area (Å²) in [7, 11) is 0. The van der Waals surface area contributed by atoms with Crippen LogP contribution in [0.25, 0.3) is 0 Å². The van der Waals surface area contributed by atoms with Gasteiger partial charge in [-0.25, -0.2) is 4.98 Å². The van der Waals surface area contributed by atoms with E-state index in [0.717, 1.165) is 44.6 Å². The van der Waals surface area contributed by atoms with Crippen molar-refractivity contribution in [2.45, 2.75) is 25.8 Å². The molecule has 0 radical (unpaired) electrons. The predicted octanol–water partition coefficient (Wildman–Crippen LogP) is 3.79. The Balaban J connectivity index is 2.35. The quantitative estimate of drug-likeness (QED) is 0.855. The van der Waals surface area contributed by atoms with Crippen LogP contribution in [0.3, 0.4) is 0 Å². The molecule has 0 aromatic carbocycles. The highest BCUT2D eigenvalue weighted by Crippen LogP contribution is 2.38. The van der Waals surface area contributed by atoms with Gasteiger partial charge >= 0.3 is 0 Å². The third-order valence-corrected chi connectivity index (χ3v) is 4.52. The molecule has 0 unspecified atom stereocenters. The van der Waals surface area contributed by atoms with Crippen LogP contribution in [-0.4, -0.2) is 36.1 Å².